The van der Waals surface area contributed by atoms with Gasteiger partial charge in [0.15, 0.2) is 5.82 Å². The van der Waals surface area contributed by atoms with Crippen molar-refractivity contribution in [2.75, 3.05) is 0 Å². The van der Waals surface area contributed by atoms with E-state index < -0.39 is 6.04 Å². The SMILES string of the molecule is CCn1cnnc1CNC(=O)[C@H](N)C(C)(C)C. The van der Waals surface area contributed by atoms with Gasteiger partial charge >= 0.3 is 0 Å². The molecule has 1 atom stereocenters. The van der Waals surface area contributed by atoms with Gasteiger partial charge in [-0.15, -0.1) is 10.2 Å². The maximum absolute atomic E-state index is 11.8. The maximum Gasteiger partial charge on any atom is 0.237 e. The van der Waals surface area contributed by atoms with Crippen molar-refractivity contribution >= 4 is 5.91 Å². The highest BCUT2D eigenvalue weighted by molar-refractivity contribution is 5.82. The summed E-state index contributed by atoms with van der Waals surface area (Å²) in [6.07, 6.45) is 1.64. The molecule has 3 N–H and O–H groups in total. The van der Waals surface area contributed by atoms with Crippen LogP contribution in [-0.2, 0) is 17.9 Å². The second-order valence-corrected chi connectivity index (χ2v) is 5.09. The zero-order valence-corrected chi connectivity index (χ0v) is 10.9. The van der Waals surface area contributed by atoms with Crippen molar-refractivity contribution in [1.82, 2.24) is 20.1 Å². The molecule has 6 heteroatoms. The summed E-state index contributed by atoms with van der Waals surface area (Å²) in [5, 5.41) is 10.5. The molecule has 1 heterocycles. The average molecular weight is 239 g/mol. The van der Waals surface area contributed by atoms with Gasteiger partial charge in [-0.05, 0) is 12.3 Å². The van der Waals surface area contributed by atoms with Gasteiger partial charge in [0.1, 0.15) is 6.33 Å². The van der Waals surface area contributed by atoms with Crippen molar-refractivity contribution in [2.24, 2.45) is 11.1 Å². The number of amides is 1. The fraction of sp³-hybridized carbons (Fsp3) is 0.727. The lowest BCUT2D eigenvalue weighted by molar-refractivity contribution is -0.124. The van der Waals surface area contributed by atoms with Crippen molar-refractivity contribution in [1.29, 1.82) is 0 Å². The van der Waals surface area contributed by atoms with E-state index in [1.165, 1.54) is 0 Å². The molecule has 6 nitrogen and oxygen atoms in total. The molecule has 0 aliphatic rings. The lowest BCUT2D eigenvalue weighted by atomic mass is 9.87. The van der Waals surface area contributed by atoms with Crippen LogP contribution in [0.4, 0.5) is 0 Å². The Bertz CT molecular complexity index is 379. The standard InChI is InChI=1S/C11H21N5O/c1-5-16-7-14-15-8(16)6-13-10(17)9(12)11(2,3)4/h7,9H,5-6,12H2,1-4H3,(H,13,17)/t9-/m0/s1. The van der Waals surface area contributed by atoms with Crippen LogP contribution in [0.15, 0.2) is 6.33 Å². The zero-order valence-electron chi connectivity index (χ0n) is 10.9. The topological polar surface area (TPSA) is 85.8 Å². The van der Waals surface area contributed by atoms with Gasteiger partial charge in [-0.2, -0.15) is 0 Å². The van der Waals surface area contributed by atoms with Crippen molar-refractivity contribution in [3.05, 3.63) is 12.2 Å². The number of nitrogens with one attached hydrogen (secondary N) is 1. The lowest BCUT2D eigenvalue weighted by Gasteiger charge is -2.25. The molecule has 1 aromatic rings. The van der Waals surface area contributed by atoms with Crippen molar-refractivity contribution in [3.8, 4) is 0 Å². The van der Waals surface area contributed by atoms with Gasteiger partial charge in [0.2, 0.25) is 5.91 Å². The first-order valence-corrected chi connectivity index (χ1v) is 5.76. The van der Waals surface area contributed by atoms with E-state index in [9.17, 15) is 4.79 Å². The Hall–Kier alpha value is -1.43. The highest BCUT2D eigenvalue weighted by Gasteiger charge is 2.27. The van der Waals surface area contributed by atoms with Gasteiger partial charge in [0.25, 0.3) is 0 Å². The third-order valence-corrected chi connectivity index (χ3v) is 2.67. The van der Waals surface area contributed by atoms with Crippen LogP contribution in [-0.4, -0.2) is 26.7 Å². The molecule has 1 rings (SSSR count). The number of rotatable bonds is 4. The summed E-state index contributed by atoms with van der Waals surface area (Å²) in [5.41, 5.74) is 5.60. The number of hydrogen-bond acceptors (Lipinski definition) is 4. The molecule has 0 aliphatic carbocycles. The number of nitrogens with zero attached hydrogens (tertiary/aromatic N) is 3. The summed E-state index contributed by atoms with van der Waals surface area (Å²) in [6, 6.07) is -0.527. The van der Waals surface area contributed by atoms with E-state index in [1.54, 1.807) is 6.33 Å². The predicted molar refractivity (Wildman–Crippen MR) is 65.0 cm³/mol. The Balaban J connectivity index is 2.54. The van der Waals surface area contributed by atoms with Crippen LogP contribution in [0, 0.1) is 5.41 Å². The number of aromatic nitrogens is 3. The van der Waals surface area contributed by atoms with E-state index in [0.29, 0.717) is 6.54 Å². The van der Waals surface area contributed by atoms with Gasteiger partial charge in [-0.3, -0.25) is 4.79 Å². The maximum atomic E-state index is 11.8. The Morgan fingerprint density at radius 3 is 2.76 bits per heavy atom. The summed E-state index contributed by atoms with van der Waals surface area (Å²) in [5.74, 6) is 0.574. The largest absolute Gasteiger partial charge is 0.347 e. The van der Waals surface area contributed by atoms with E-state index >= 15 is 0 Å². The second-order valence-electron chi connectivity index (χ2n) is 5.09. The number of carbonyl (C=O) groups excluding carboxylic acids is 1. The van der Waals surface area contributed by atoms with E-state index in [1.807, 2.05) is 32.3 Å². The monoisotopic (exact) mass is 239 g/mol. The van der Waals surface area contributed by atoms with Crippen molar-refractivity contribution in [2.45, 2.75) is 46.8 Å². The molecule has 1 aromatic heterocycles. The molecule has 0 radical (unpaired) electrons. The van der Waals surface area contributed by atoms with Crippen LogP contribution < -0.4 is 11.1 Å². The number of aryl methyl sites for hydroxylation is 1. The van der Waals surface area contributed by atoms with E-state index in [-0.39, 0.29) is 11.3 Å². The average Bonchev–Trinajstić information content (AvgIpc) is 2.70. The smallest absolute Gasteiger partial charge is 0.237 e. The normalized spacial score (nSPS) is 13.5. The van der Waals surface area contributed by atoms with Crippen LogP contribution in [0.3, 0.4) is 0 Å². The van der Waals surface area contributed by atoms with Gasteiger partial charge < -0.3 is 15.6 Å². The van der Waals surface area contributed by atoms with Crippen LogP contribution in [0.25, 0.3) is 0 Å². The van der Waals surface area contributed by atoms with Gasteiger partial charge in [-0.1, -0.05) is 20.8 Å². The Morgan fingerprint density at radius 1 is 1.59 bits per heavy atom. The van der Waals surface area contributed by atoms with Gasteiger partial charge in [-0.25, -0.2) is 0 Å². The second kappa shape index (κ2) is 5.27. The number of hydrogen-bond donors (Lipinski definition) is 2. The first-order chi connectivity index (χ1) is 7.86. The summed E-state index contributed by atoms with van der Waals surface area (Å²) < 4.78 is 1.88. The summed E-state index contributed by atoms with van der Waals surface area (Å²) in [7, 11) is 0. The van der Waals surface area contributed by atoms with E-state index in [4.69, 9.17) is 5.73 Å². The molecule has 0 aliphatic heterocycles. The van der Waals surface area contributed by atoms with Crippen LogP contribution in [0.2, 0.25) is 0 Å². The molecule has 0 saturated carbocycles. The molecule has 96 valence electrons. The van der Waals surface area contributed by atoms with Crippen LogP contribution in [0.1, 0.15) is 33.5 Å². The molecule has 0 saturated heterocycles. The van der Waals surface area contributed by atoms with E-state index in [0.717, 1.165) is 12.4 Å². The summed E-state index contributed by atoms with van der Waals surface area (Å²) in [6.45, 7) is 8.94. The molecule has 1 amide bonds. The molecular formula is C11H21N5O. The summed E-state index contributed by atoms with van der Waals surface area (Å²) >= 11 is 0. The highest BCUT2D eigenvalue weighted by Crippen LogP contribution is 2.17. The quantitative estimate of drug-likeness (QED) is 0.790. The number of nitrogens with two attached hydrogens (primary N) is 1. The van der Waals surface area contributed by atoms with Crippen LogP contribution >= 0.6 is 0 Å². The van der Waals surface area contributed by atoms with Crippen molar-refractivity contribution < 1.29 is 4.79 Å². The molecule has 0 unspecified atom stereocenters. The van der Waals surface area contributed by atoms with Crippen LogP contribution in [0.5, 0.6) is 0 Å². The van der Waals surface area contributed by atoms with E-state index in [2.05, 4.69) is 15.5 Å². The zero-order chi connectivity index (χ0) is 13.1. The van der Waals surface area contributed by atoms with Crippen molar-refractivity contribution in [3.63, 3.8) is 0 Å². The lowest BCUT2D eigenvalue weighted by Crippen LogP contribution is -2.48. The predicted octanol–water partition coefficient (Wildman–Crippen LogP) is 0.288. The van der Waals surface area contributed by atoms with Gasteiger partial charge in [0.05, 0.1) is 12.6 Å². The first-order valence-electron chi connectivity index (χ1n) is 5.76. The fourth-order valence-corrected chi connectivity index (χ4v) is 1.35. The minimum Gasteiger partial charge on any atom is -0.347 e. The molecule has 0 aromatic carbocycles. The Morgan fingerprint density at radius 2 is 2.24 bits per heavy atom. The molecule has 0 bridgehead atoms. The molecular weight excluding hydrogens is 218 g/mol. The van der Waals surface area contributed by atoms with Gasteiger partial charge in [0, 0.05) is 6.54 Å². The summed E-state index contributed by atoms with van der Waals surface area (Å²) in [4.78, 5) is 11.8. The first kappa shape index (κ1) is 13.6. The third-order valence-electron chi connectivity index (χ3n) is 2.67. The highest BCUT2D eigenvalue weighted by atomic mass is 16.2. The molecule has 0 spiro atoms. The fourth-order valence-electron chi connectivity index (χ4n) is 1.35. The molecule has 17 heavy (non-hydrogen) atoms. The minimum atomic E-state index is -0.527. The molecule has 0 fully saturated rings. The minimum absolute atomic E-state index is 0.164. The Labute approximate surface area is 102 Å². The third kappa shape index (κ3) is 3.52. The Kier molecular flexibility index (Phi) is 4.22. The number of carbonyl (C=O) groups is 1.